The number of carbonyl (C=O) groups excluding carboxylic acids is 1. The van der Waals surface area contributed by atoms with Crippen molar-refractivity contribution in [2.75, 3.05) is 7.11 Å². The molecule has 2 aromatic carbocycles. The Hall–Kier alpha value is -2.83. The number of methoxy groups -OCH3 is 1. The van der Waals surface area contributed by atoms with Gasteiger partial charge in [0.1, 0.15) is 5.75 Å². The van der Waals surface area contributed by atoms with Crippen LogP contribution >= 0.6 is 0 Å². The van der Waals surface area contributed by atoms with Gasteiger partial charge in [-0.05, 0) is 24.1 Å². The lowest BCUT2D eigenvalue weighted by Crippen LogP contribution is -2.51. The Kier molecular flexibility index (Phi) is 3.91. The molecule has 0 saturated heterocycles. The van der Waals surface area contributed by atoms with Crippen molar-refractivity contribution in [1.82, 2.24) is 15.7 Å². The van der Waals surface area contributed by atoms with Gasteiger partial charge in [-0.3, -0.25) is 15.5 Å². The first kappa shape index (κ1) is 15.7. The molecule has 2 heterocycles. The number of carbonyl (C=O) groups is 1. The number of rotatable bonds is 3. The fourth-order valence-corrected chi connectivity index (χ4v) is 3.65. The van der Waals surface area contributed by atoms with E-state index in [0.717, 1.165) is 33.5 Å². The molecule has 0 fully saturated rings. The predicted octanol–water partition coefficient (Wildman–Crippen LogP) is 1.77. The van der Waals surface area contributed by atoms with Gasteiger partial charge in [0.05, 0.1) is 19.2 Å². The normalized spacial score (nSPS) is 19.4. The average Bonchev–Trinajstić information content (AvgIpc) is 3.05. The maximum atomic E-state index is 12.2. The molecule has 0 bridgehead atoms. The Morgan fingerprint density at radius 3 is 2.76 bits per heavy atom. The van der Waals surface area contributed by atoms with Gasteiger partial charge in [-0.15, -0.1) is 0 Å². The number of amides is 1. The molecule has 0 radical (unpaired) electrons. The molecule has 1 aliphatic heterocycles. The Balaban J connectivity index is 1.90. The number of hydrogen-bond acceptors (Lipinski definition) is 4. The molecule has 2 atom stereocenters. The zero-order valence-corrected chi connectivity index (χ0v) is 13.9. The van der Waals surface area contributed by atoms with E-state index in [1.165, 1.54) is 0 Å². The summed E-state index contributed by atoms with van der Waals surface area (Å²) in [4.78, 5) is 15.7. The van der Waals surface area contributed by atoms with E-state index in [0.29, 0.717) is 6.42 Å². The highest BCUT2D eigenvalue weighted by molar-refractivity contribution is 5.88. The summed E-state index contributed by atoms with van der Waals surface area (Å²) in [7, 11) is 1.65. The Morgan fingerprint density at radius 2 is 1.96 bits per heavy atom. The predicted molar refractivity (Wildman–Crippen MR) is 96.1 cm³/mol. The molecule has 1 amide bonds. The van der Waals surface area contributed by atoms with Crippen LogP contribution in [0.4, 0.5) is 0 Å². The highest BCUT2D eigenvalue weighted by Crippen LogP contribution is 2.38. The molecule has 1 aliphatic rings. The van der Waals surface area contributed by atoms with E-state index < -0.39 is 6.04 Å². The fourth-order valence-electron chi connectivity index (χ4n) is 3.65. The summed E-state index contributed by atoms with van der Waals surface area (Å²) in [6.07, 6.45) is 0.577. The SMILES string of the molecule is COc1ccccc1[C@H]1N[C@H](C(=O)NN)Cc2c1[nH]c1ccccc21. The molecule has 4 rings (SSSR count). The molecule has 3 aromatic rings. The minimum atomic E-state index is -0.411. The minimum absolute atomic E-state index is 0.186. The summed E-state index contributed by atoms with van der Waals surface area (Å²) in [5.41, 5.74) is 6.50. The first-order chi connectivity index (χ1) is 12.2. The highest BCUT2D eigenvalue weighted by atomic mass is 16.5. The lowest BCUT2D eigenvalue weighted by atomic mass is 9.89. The lowest BCUT2D eigenvalue weighted by molar-refractivity contribution is -0.123. The van der Waals surface area contributed by atoms with Crippen molar-refractivity contribution in [1.29, 1.82) is 0 Å². The van der Waals surface area contributed by atoms with Crippen molar-refractivity contribution in [3.05, 3.63) is 65.4 Å². The van der Waals surface area contributed by atoms with Crippen molar-refractivity contribution in [2.24, 2.45) is 5.84 Å². The van der Waals surface area contributed by atoms with Crippen LogP contribution in [0.3, 0.4) is 0 Å². The molecule has 0 aliphatic carbocycles. The van der Waals surface area contributed by atoms with Gasteiger partial charge in [0.25, 0.3) is 5.91 Å². The van der Waals surface area contributed by atoms with Gasteiger partial charge in [0.2, 0.25) is 0 Å². The average molecular weight is 336 g/mol. The molecule has 0 spiro atoms. The fraction of sp³-hybridized carbons (Fsp3) is 0.211. The highest BCUT2D eigenvalue weighted by Gasteiger charge is 2.34. The third kappa shape index (κ3) is 2.56. The van der Waals surface area contributed by atoms with Gasteiger partial charge in [-0.1, -0.05) is 36.4 Å². The third-order valence-electron chi connectivity index (χ3n) is 4.82. The van der Waals surface area contributed by atoms with E-state index in [1.54, 1.807) is 7.11 Å². The standard InChI is InChI=1S/C19H20N4O2/c1-25-16-9-5-3-7-12(16)17-18-13(10-15(22-17)19(24)23-20)11-6-2-4-8-14(11)21-18/h2-9,15,17,21-22H,10,20H2,1H3,(H,23,24)/t15-,17+/m0/s1. The molecular formula is C19H20N4O2. The van der Waals surface area contributed by atoms with E-state index in [9.17, 15) is 4.79 Å². The van der Waals surface area contributed by atoms with Crippen molar-refractivity contribution in [2.45, 2.75) is 18.5 Å². The summed E-state index contributed by atoms with van der Waals surface area (Å²) >= 11 is 0. The minimum Gasteiger partial charge on any atom is -0.496 e. The van der Waals surface area contributed by atoms with Crippen molar-refractivity contribution in [3.63, 3.8) is 0 Å². The summed E-state index contributed by atoms with van der Waals surface area (Å²) in [5.74, 6) is 5.93. The Morgan fingerprint density at radius 1 is 1.20 bits per heavy atom. The summed E-state index contributed by atoms with van der Waals surface area (Å²) < 4.78 is 5.53. The topological polar surface area (TPSA) is 92.2 Å². The van der Waals surface area contributed by atoms with Crippen LogP contribution in [0.5, 0.6) is 5.75 Å². The molecule has 1 aromatic heterocycles. The van der Waals surface area contributed by atoms with E-state index in [1.807, 2.05) is 42.5 Å². The number of hydrogen-bond donors (Lipinski definition) is 4. The Labute approximate surface area is 145 Å². The smallest absolute Gasteiger partial charge is 0.251 e. The number of aromatic amines is 1. The first-order valence-corrected chi connectivity index (χ1v) is 8.22. The summed E-state index contributed by atoms with van der Waals surface area (Å²) in [6, 6.07) is 15.4. The monoisotopic (exact) mass is 336 g/mol. The van der Waals surface area contributed by atoms with Gasteiger partial charge >= 0.3 is 0 Å². The molecule has 0 unspecified atom stereocenters. The molecule has 25 heavy (non-hydrogen) atoms. The number of aromatic nitrogens is 1. The number of ether oxygens (including phenoxy) is 1. The zero-order chi connectivity index (χ0) is 17.4. The summed E-state index contributed by atoms with van der Waals surface area (Å²) in [5, 5.41) is 4.54. The van der Waals surface area contributed by atoms with E-state index in [-0.39, 0.29) is 11.9 Å². The van der Waals surface area contributed by atoms with Crippen LogP contribution in [0.25, 0.3) is 10.9 Å². The molecular weight excluding hydrogens is 316 g/mol. The maximum absolute atomic E-state index is 12.2. The van der Waals surface area contributed by atoms with Crippen LogP contribution in [0, 0.1) is 0 Å². The quantitative estimate of drug-likeness (QED) is 0.333. The molecule has 6 nitrogen and oxygen atoms in total. The van der Waals surface area contributed by atoms with E-state index in [4.69, 9.17) is 10.6 Å². The van der Waals surface area contributed by atoms with Crippen LogP contribution in [0.1, 0.15) is 22.9 Å². The second-order valence-corrected chi connectivity index (χ2v) is 6.17. The zero-order valence-electron chi connectivity index (χ0n) is 13.9. The second kappa shape index (κ2) is 6.23. The van der Waals surface area contributed by atoms with Crippen molar-refractivity contribution >= 4 is 16.8 Å². The van der Waals surface area contributed by atoms with Crippen molar-refractivity contribution in [3.8, 4) is 5.75 Å². The largest absolute Gasteiger partial charge is 0.496 e. The Bertz CT molecular complexity index is 934. The number of nitrogens with one attached hydrogen (secondary N) is 3. The molecule has 6 heteroatoms. The number of hydrazine groups is 1. The van der Waals surface area contributed by atoms with E-state index >= 15 is 0 Å². The van der Waals surface area contributed by atoms with Gasteiger partial charge in [-0.2, -0.15) is 0 Å². The number of benzene rings is 2. The number of nitrogens with two attached hydrogens (primary N) is 1. The maximum Gasteiger partial charge on any atom is 0.251 e. The number of para-hydroxylation sites is 2. The van der Waals surface area contributed by atoms with Crippen LogP contribution in [-0.2, 0) is 11.2 Å². The molecule has 128 valence electrons. The van der Waals surface area contributed by atoms with Gasteiger partial charge in [-0.25, -0.2) is 5.84 Å². The van der Waals surface area contributed by atoms with Gasteiger partial charge < -0.3 is 9.72 Å². The lowest BCUT2D eigenvalue weighted by Gasteiger charge is -2.31. The van der Waals surface area contributed by atoms with Crippen LogP contribution in [-0.4, -0.2) is 24.0 Å². The number of H-pyrrole nitrogens is 1. The van der Waals surface area contributed by atoms with Crippen LogP contribution < -0.4 is 21.3 Å². The number of fused-ring (bicyclic) bond motifs is 3. The summed E-state index contributed by atoms with van der Waals surface area (Å²) in [6.45, 7) is 0. The molecule has 5 N–H and O–H groups in total. The van der Waals surface area contributed by atoms with Gasteiger partial charge in [0, 0.05) is 22.2 Å². The van der Waals surface area contributed by atoms with Crippen LogP contribution in [0.15, 0.2) is 48.5 Å². The third-order valence-corrected chi connectivity index (χ3v) is 4.82. The van der Waals surface area contributed by atoms with Gasteiger partial charge in [0.15, 0.2) is 0 Å². The molecule has 0 saturated carbocycles. The first-order valence-electron chi connectivity index (χ1n) is 8.22. The van der Waals surface area contributed by atoms with Crippen LogP contribution in [0.2, 0.25) is 0 Å². The second-order valence-electron chi connectivity index (χ2n) is 6.17. The van der Waals surface area contributed by atoms with E-state index in [2.05, 4.69) is 21.8 Å². The van der Waals surface area contributed by atoms with Crippen molar-refractivity contribution < 1.29 is 9.53 Å².